The zero-order chi connectivity index (χ0) is 20.6. The molecule has 4 rings (SSSR count). The van der Waals surface area contributed by atoms with Crippen LogP contribution >= 0.6 is 0 Å². The van der Waals surface area contributed by atoms with Gasteiger partial charge in [-0.25, -0.2) is 4.39 Å². The van der Waals surface area contributed by atoms with Crippen molar-refractivity contribution in [1.29, 1.82) is 5.41 Å². The SMILES string of the molecule is CCC12CC(=O)C(C)CC1CCCc1cc(Nc3ccc(F)cc3)c(C=N)cc12. The summed E-state index contributed by atoms with van der Waals surface area (Å²) in [7, 11) is 0. The highest BCUT2D eigenvalue weighted by Crippen LogP contribution is 2.52. The van der Waals surface area contributed by atoms with Crippen LogP contribution in [0.15, 0.2) is 36.4 Å². The monoisotopic (exact) mass is 392 g/mol. The van der Waals surface area contributed by atoms with E-state index in [1.165, 1.54) is 29.5 Å². The second-order valence-corrected chi connectivity index (χ2v) is 8.75. The number of hydrogen-bond donors (Lipinski definition) is 2. The molecule has 29 heavy (non-hydrogen) atoms. The van der Waals surface area contributed by atoms with Crippen LogP contribution in [0.5, 0.6) is 0 Å². The quantitative estimate of drug-likeness (QED) is 0.612. The summed E-state index contributed by atoms with van der Waals surface area (Å²) in [5, 5.41) is 11.3. The fourth-order valence-electron chi connectivity index (χ4n) is 5.51. The number of anilines is 2. The molecule has 3 nitrogen and oxygen atoms in total. The summed E-state index contributed by atoms with van der Waals surface area (Å²) < 4.78 is 13.2. The lowest BCUT2D eigenvalue weighted by Crippen LogP contribution is -2.44. The Hall–Kier alpha value is -2.49. The van der Waals surface area contributed by atoms with Crippen LogP contribution in [0.1, 0.15) is 62.6 Å². The van der Waals surface area contributed by atoms with E-state index in [1.807, 2.05) is 0 Å². The number of benzene rings is 2. The molecule has 4 heteroatoms. The van der Waals surface area contributed by atoms with Crippen molar-refractivity contribution >= 4 is 23.4 Å². The fourth-order valence-corrected chi connectivity index (χ4v) is 5.51. The number of rotatable bonds is 4. The Labute approximate surface area is 172 Å². The minimum Gasteiger partial charge on any atom is -0.355 e. The van der Waals surface area contributed by atoms with Gasteiger partial charge in [-0.1, -0.05) is 13.8 Å². The molecule has 3 unspecified atom stereocenters. The van der Waals surface area contributed by atoms with Gasteiger partial charge in [0.1, 0.15) is 11.6 Å². The predicted octanol–water partition coefficient (Wildman–Crippen LogP) is 6.17. The zero-order valence-electron chi connectivity index (χ0n) is 17.2. The number of aryl methyl sites for hydroxylation is 1. The van der Waals surface area contributed by atoms with Crippen molar-refractivity contribution in [1.82, 2.24) is 0 Å². The predicted molar refractivity (Wildman–Crippen MR) is 116 cm³/mol. The molecule has 0 heterocycles. The first-order valence-corrected chi connectivity index (χ1v) is 10.7. The van der Waals surface area contributed by atoms with Crippen molar-refractivity contribution in [2.24, 2.45) is 11.8 Å². The summed E-state index contributed by atoms with van der Waals surface area (Å²) in [6, 6.07) is 10.6. The Kier molecular flexibility index (Phi) is 5.28. The summed E-state index contributed by atoms with van der Waals surface area (Å²) in [6.07, 6.45) is 7.19. The van der Waals surface area contributed by atoms with Gasteiger partial charge in [-0.05, 0) is 85.5 Å². The maximum Gasteiger partial charge on any atom is 0.136 e. The third-order valence-electron chi connectivity index (χ3n) is 7.18. The van der Waals surface area contributed by atoms with Gasteiger partial charge >= 0.3 is 0 Å². The van der Waals surface area contributed by atoms with Gasteiger partial charge in [-0.15, -0.1) is 0 Å². The van der Waals surface area contributed by atoms with Gasteiger partial charge in [0.15, 0.2) is 0 Å². The van der Waals surface area contributed by atoms with E-state index in [4.69, 9.17) is 5.41 Å². The van der Waals surface area contributed by atoms with Crippen LogP contribution in [-0.4, -0.2) is 12.0 Å². The van der Waals surface area contributed by atoms with E-state index in [0.717, 1.165) is 49.0 Å². The minimum atomic E-state index is -0.267. The van der Waals surface area contributed by atoms with E-state index in [0.29, 0.717) is 18.1 Å². The Bertz CT molecular complexity index is 937. The van der Waals surface area contributed by atoms with E-state index >= 15 is 0 Å². The van der Waals surface area contributed by atoms with E-state index in [9.17, 15) is 9.18 Å². The fraction of sp³-hybridized carbons (Fsp3) is 0.440. The summed E-state index contributed by atoms with van der Waals surface area (Å²) in [5.74, 6) is 0.788. The van der Waals surface area contributed by atoms with Crippen molar-refractivity contribution in [3.63, 3.8) is 0 Å². The summed E-state index contributed by atoms with van der Waals surface area (Å²) in [5.41, 5.74) is 4.92. The van der Waals surface area contributed by atoms with Crippen molar-refractivity contribution in [3.05, 3.63) is 58.9 Å². The second kappa shape index (κ2) is 7.74. The lowest BCUT2D eigenvalue weighted by atomic mass is 9.57. The number of fused-ring (bicyclic) bond motifs is 3. The Morgan fingerprint density at radius 2 is 2.03 bits per heavy atom. The van der Waals surface area contributed by atoms with Crippen LogP contribution in [0.4, 0.5) is 15.8 Å². The van der Waals surface area contributed by atoms with Crippen LogP contribution in [0.2, 0.25) is 0 Å². The number of carbonyl (C=O) groups excluding carboxylic acids is 1. The van der Waals surface area contributed by atoms with Crippen LogP contribution < -0.4 is 5.32 Å². The molecule has 2 aromatic carbocycles. The van der Waals surface area contributed by atoms with Crippen LogP contribution in [0.3, 0.4) is 0 Å². The average molecular weight is 393 g/mol. The third-order valence-corrected chi connectivity index (χ3v) is 7.18. The normalized spacial score (nSPS) is 26.2. The van der Waals surface area contributed by atoms with E-state index in [2.05, 4.69) is 31.3 Å². The van der Waals surface area contributed by atoms with Gasteiger partial charge in [-0.3, -0.25) is 4.79 Å². The first kappa shape index (κ1) is 19.8. The molecule has 0 radical (unpaired) electrons. The maximum absolute atomic E-state index is 13.2. The van der Waals surface area contributed by atoms with Gasteiger partial charge in [0, 0.05) is 40.9 Å². The molecule has 0 bridgehead atoms. The summed E-state index contributed by atoms with van der Waals surface area (Å²) in [4.78, 5) is 12.7. The van der Waals surface area contributed by atoms with Gasteiger partial charge < -0.3 is 10.7 Å². The molecule has 0 aliphatic heterocycles. The standard InChI is InChI=1S/C25H29FN2O/c1-3-25-14-24(29)16(2)11-19(25)6-4-5-17-13-23(18(15-27)12-22(17)25)28-21-9-7-20(26)8-10-21/h7-10,12-13,15-16,19,27-28H,3-6,11,14H2,1-2H3. The van der Waals surface area contributed by atoms with Crippen molar-refractivity contribution in [3.8, 4) is 0 Å². The molecule has 1 fully saturated rings. The highest BCUT2D eigenvalue weighted by molar-refractivity contribution is 5.89. The number of nitrogens with one attached hydrogen (secondary N) is 2. The van der Waals surface area contributed by atoms with E-state index in [-0.39, 0.29) is 17.2 Å². The van der Waals surface area contributed by atoms with Gasteiger partial charge in [0.25, 0.3) is 0 Å². The number of ketones is 1. The van der Waals surface area contributed by atoms with Gasteiger partial charge in [-0.2, -0.15) is 0 Å². The summed E-state index contributed by atoms with van der Waals surface area (Å²) in [6.45, 7) is 4.28. The van der Waals surface area contributed by atoms with Crippen molar-refractivity contribution < 1.29 is 9.18 Å². The topological polar surface area (TPSA) is 53.0 Å². The van der Waals surface area contributed by atoms with E-state index < -0.39 is 0 Å². The molecule has 2 aliphatic carbocycles. The van der Waals surface area contributed by atoms with Crippen LogP contribution in [0.25, 0.3) is 0 Å². The summed E-state index contributed by atoms with van der Waals surface area (Å²) >= 11 is 0. The van der Waals surface area contributed by atoms with Crippen molar-refractivity contribution in [2.45, 2.75) is 57.8 Å². The Balaban J connectivity index is 1.79. The number of hydrogen-bond acceptors (Lipinski definition) is 3. The number of carbonyl (C=O) groups is 1. The van der Waals surface area contributed by atoms with Crippen LogP contribution in [0, 0.1) is 23.1 Å². The zero-order valence-corrected chi connectivity index (χ0v) is 17.2. The Morgan fingerprint density at radius 3 is 2.72 bits per heavy atom. The molecule has 2 aliphatic rings. The molecule has 152 valence electrons. The van der Waals surface area contributed by atoms with E-state index in [1.54, 1.807) is 12.1 Å². The lowest BCUT2D eigenvalue weighted by molar-refractivity contribution is -0.128. The molecule has 2 aromatic rings. The lowest BCUT2D eigenvalue weighted by Gasteiger charge is -2.45. The maximum atomic E-state index is 13.2. The molecule has 0 saturated heterocycles. The molecule has 2 N–H and O–H groups in total. The largest absolute Gasteiger partial charge is 0.355 e. The minimum absolute atomic E-state index is 0.110. The highest BCUT2D eigenvalue weighted by atomic mass is 19.1. The van der Waals surface area contributed by atoms with Gasteiger partial charge in [0.05, 0.1) is 0 Å². The molecule has 3 atom stereocenters. The molecule has 1 saturated carbocycles. The molecule has 0 amide bonds. The third kappa shape index (κ3) is 3.50. The first-order chi connectivity index (χ1) is 14.0. The molecular formula is C25H29FN2O. The number of halogens is 1. The number of Topliss-reactive ketones (excluding diaryl/α,β-unsaturated/α-hetero) is 1. The molecule has 0 aromatic heterocycles. The molecule has 0 spiro atoms. The van der Waals surface area contributed by atoms with Crippen molar-refractivity contribution in [2.75, 3.05) is 5.32 Å². The smallest absolute Gasteiger partial charge is 0.136 e. The molecular weight excluding hydrogens is 363 g/mol. The first-order valence-electron chi connectivity index (χ1n) is 10.7. The van der Waals surface area contributed by atoms with Crippen LogP contribution in [-0.2, 0) is 16.6 Å². The second-order valence-electron chi connectivity index (χ2n) is 8.75. The highest BCUT2D eigenvalue weighted by Gasteiger charge is 2.47. The Morgan fingerprint density at radius 1 is 1.28 bits per heavy atom. The van der Waals surface area contributed by atoms with Gasteiger partial charge in [0.2, 0.25) is 0 Å². The average Bonchev–Trinajstić information content (AvgIpc) is 2.86.